The molecule has 4 heterocycles. The Labute approximate surface area is 226 Å². The number of aromatic carboxylic acids is 2. The SMILES string of the molecule is CCc1nc(C(=O)O)c2n1-c1cccc(N)c1OC2.CCc1nc(C(=O)O)c2n1-c1cccc([N+](=O)[O-])c1OC2. The molecule has 14 nitrogen and oxygen atoms in total. The lowest BCUT2D eigenvalue weighted by Gasteiger charge is -2.22. The summed E-state index contributed by atoms with van der Waals surface area (Å²) < 4.78 is 14.5. The molecule has 14 heteroatoms. The van der Waals surface area contributed by atoms with Crippen LogP contribution in [0, 0.1) is 10.1 Å². The maximum atomic E-state index is 11.2. The third kappa shape index (κ3) is 4.15. The second-order valence-corrected chi connectivity index (χ2v) is 8.79. The van der Waals surface area contributed by atoms with Gasteiger partial charge in [0.25, 0.3) is 0 Å². The minimum absolute atomic E-state index is 0.0462. The largest absolute Gasteiger partial charge is 0.483 e. The molecule has 4 aromatic rings. The van der Waals surface area contributed by atoms with Crippen molar-refractivity contribution in [2.75, 3.05) is 5.73 Å². The molecule has 6 rings (SSSR count). The number of nitrogen functional groups attached to an aromatic ring is 1. The van der Waals surface area contributed by atoms with E-state index in [-0.39, 0.29) is 36.0 Å². The van der Waals surface area contributed by atoms with Gasteiger partial charge in [-0.05, 0) is 18.2 Å². The van der Waals surface area contributed by atoms with Crippen LogP contribution in [0.25, 0.3) is 11.4 Å². The van der Waals surface area contributed by atoms with E-state index in [1.54, 1.807) is 16.7 Å². The van der Waals surface area contributed by atoms with E-state index in [2.05, 4.69) is 9.97 Å². The van der Waals surface area contributed by atoms with Crippen LogP contribution in [0.4, 0.5) is 11.4 Å². The van der Waals surface area contributed by atoms with E-state index < -0.39 is 16.9 Å². The maximum absolute atomic E-state index is 11.2. The van der Waals surface area contributed by atoms with Crippen LogP contribution in [0.1, 0.15) is 57.9 Å². The lowest BCUT2D eigenvalue weighted by molar-refractivity contribution is -0.386. The number of nitrogens with two attached hydrogens (primary N) is 1. The summed E-state index contributed by atoms with van der Waals surface area (Å²) in [6.45, 7) is 3.87. The molecule has 0 saturated carbocycles. The van der Waals surface area contributed by atoms with Crippen LogP contribution in [0.5, 0.6) is 11.5 Å². The monoisotopic (exact) mass is 548 g/mol. The highest BCUT2D eigenvalue weighted by Crippen LogP contribution is 2.39. The lowest BCUT2D eigenvalue weighted by atomic mass is 10.2. The van der Waals surface area contributed by atoms with Crippen molar-refractivity contribution in [1.29, 1.82) is 0 Å². The van der Waals surface area contributed by atoms with Gasteiger partial charge in [-0.15, -0.1) is 0 Å². The molecule has 0 unspecified atom stereocenters. The Morgan fingerprint density at radius 3 is 1.85 bits per heavy atom. The van der Waals surface area contributed by atoms with Crippen LogP contribution in [0.15, 0.2) is 36.4 Å². The number of aromatic nitrogens is 4. The van der Waals surface area contributed by atoms with Crippen LogP contribution in [0.3, 0.4) is 0 Å². The van der Waals surface area contributed by atoms with Gasteiger partial charge in [-0.3, -0.25) is 19.2 Å². The average molecular weight is 549 g/mol. The number of hydrogen-bond acceptors (Lipinski definition) is 9. The maximum Gasteiger partial charge on any atom is 0.356 e. The van der Waals surface area contributed by atoms with Crippen molar-refractivity contribution in [3.8, 4) is 22.9 Å². The molecule has 0 atom stereocenters. The lowest BCUT2D eigenvalue weighted by Crippen LogP contribution is -2.17. The molecule has 0 spiro atoms. The molecule has 2 aliphatic rings. The molecule has 4 N–H and O–H groups in total. The molecule has 40 heavy (non-hydrogen) atoms. The number of carboxylic acid groups (broad SMARTS) is 2. The minimum Gasteiger partial charge on any atom is -0.483 e. The summed E-state index contributed by atoms with van der Waals surface area (Å²) in [5.41, 5.74) is 8.39. The molecule has 0 saturated heterocycles. The molecule has 206 valence electrons. The van der Waals surface area contributed by atoms with Gasteiger partial charge >= 0.3 is 17.6 Å². The molecule has 0 amide bonds. The molecule has 2 aromatic carbocycles. The quantitative estimate of drug-likeness (QED) is 0.187. The van der Waals surface area contributed by atoms with Gasteiger partial charge < -0.3 is 25.4 Å². The van der Waals surface area contributed by atoms with Crippen LogP contribution in [-0.4, -0.2) is 46.2 Å². The second-order valence-electron chi connectivity index (χ2n) is 8.79. The molecular formula is C26H24N6O8. The number of carbonyl (C=O) groups is 2. The van der Waals surface area contributed by atoms with Gasteiger partial charge in [0, 0.05) is 18.9 Å². The number of ether oxygens (including phenoxy) is 2. The Balaban J connectivity index is 0.000000162. The van der Waals surface area contributed by atoms with E-state index in [4.69, 9.17) is 15.2 Å². The van der Waals surface area contributed by atoms with E-state index in [0.717, 1.165) is 5.69 Å². The van der Waals surface area contributed by atoms with E-state index in [1.807, 2.05) is 30.5 Å². The zero-order valence-corrected chi connectivity index (χ0v) is 21.4. The number of hydrogen-bond donors (Lipinski definition) is 3. The van der Waals surface area contributed by atoms with Gasteiger partial charge in [0.2, 0.25) is 5.75 Å². The molecule has 2 aromatic heterocycles. The normalized spacial score (nSPS) is 12.3. The number of rotatable bonds is 5. The van der Waals surface area contributed by atoms with Crippen molar-refractivity contribution in [1.82, 2.24) is 19.1 Å². The van der Waals surface area contributed by atoms with Crippen LogP contribution in [0.2, 0.25) is 0 Å². The summed E-state index contributed by atoms with van der Waals surface area (Å²) in [5, 5.41) is 29.5. The molecule has 0 aliphatic carbocycles. The summed E-state index contributed by atoms with van der Waals surface area (Å²) in [6.07, 6.45) is 1.14. The number of fused-ring (bicyclic) bond motifs is 6. The zero-order chi connectivity index (χ0) is 28.7. The molecule has 2 aliphatic heterocycles. The van der Waals surface area contributed by atoms with Gasteiger partial charge in [-0.1, -0.05) is 26.0 Å². The summed E-state index contributed by atoms with van der Waals surface area (Å²) in [4.78, 5) is 41.3. The summed E-state index contributed by atoms with van der Waals surface area (Å²) >= 11 is 0. The van der Waals surface area contributed by atoms with Crippen LogP contribution < -0.4 is 15.2 Å². The summed E-state index contributed by atoms with van der Waals surface area (Å²) in [6, 6.07) is 9.95. The van der Waals surface area contributed by atoms with Crippen molar-refractivity contribution < 1.29 is 34.2 Å². The van der Waals surface area contributed by atoms with Gasteiger partial charge in [-0.25, -0.2) is 19.6 Å². The van der Waals surface area contributed by atoms with Gasteiger partial charge in [0.15, 0.2) is 17.1 Å². The molecular weight excluding hydrogens is 524 g/mol. The predicted molar refractivity (Wildman–Crippen MR) is 140 cm³/mol. The Bertz CT molecular complexity index is 1690. The second kappa shape index (κ2) is 10.1. The number of nitrogens with zero attached hydrogens (tertiary/aromatic N) is 5. The number of anilines is 1. The Kier molecular flexibility index (Phi) is 6.59. The molecule has 0 fully saturated rings. The first kappa shape index (κ1) is 26.2. The third-order valence-corrected chi connectivity index (χ3v) is 6.51. The van der Waals surface area contributed by atoms with Crippen LogP contribution >= 0.6 is 0 Å². The first-order chi connectivity index (χ1) is 19.2. The fourth-order valence-corrected chi connectivity index (χ4v) is 4.80. The number of imidazole rings is 2. The van der Waals surface area contributed by atoms with Crippen molar-refractivity contribution in [3.63, 3.8) is 0 Å². The molecule has 0 bridgehead atoms. The van der Waals surface area contributed by atoms with Gasteiger partial charge in [0.1, 0.15) is 24.9 Å². The van der Waals surface area contributed by atoms with Crippen molar-refractivity contribution >= 4 is 23.3 Å². The first-order valence-corrected chi connectivity index (χ1v) is 12.3. The van der Waals surface area contributed by atoms with E-state index >= 15 is 0 Å². The predicted octanol–water partition coefficient (Wildman–Crippen LogP) is 3.54. The summed E-state index contributed by atoms with van der Waals surface area (Å²) in [5.74, 6) is -0.233. The van der Waals surface area contributed by atoms with Crippen molar-refractivity contribution in [2.24, 2.45) is 0 Å². The highest BCUT2D eigenvalue weighted by Gasteiger charge is 2.32. The Morgan fingerprint density at radius 1 is 0.900 bits per heavy atom. The minimum atomic E-state index is -1.14. The fraction of sp³-hybridized carbons (Fsp3) is 0.231. The number of aryl methyl sites for hydroxylation is 2. The van der Waals surface area contributed by atoms with E-state index in [0.29, 0.717) is 53.0 Å². The van der Waals surface area contributed by atoms with Crippen molar-refractivity contribution in [3.05, 3.63) is 80.9 Å². The highest BCUT2D eigenvalue weighted by molar-refractivity contribution is 5.88. The standard InChI is InChI=1S/C13H11N3O5.C13H13N3O3/c1-2-10-14-11(13(17)18)9-6-21-12-7(15(9)10)4-3-5-8(12)16(19)20;1-2-10-15-11(13(17)18)9-6-19-12-7(14)4-3-5-8(12)16(9)10/h3-5H,2,6H2,1H3,(H,17,18);3-5H,2,6,14H2,1H3,(H,17,18). The average Bonchev–Trinajstić information content (AvgIpc) is 3.52. The number of carboxylic acids is 2. The van der Waals surface area contributed by atoms with Crippen LogP contribution in [-0.2, 0) is 26.1 Å². The van der Waals surface area contributed by atoms with Crippen molar-refractivity contribution in [2.45, 2.75) is 39.9 Å². The first-order valence-electron chi connectivity index (χ1n) is 12.3. The number of nitro benzene ring substituents is 1. The summed E-state index contributed by atoms with van der Waals surface area (Å²) in [7, 11) is 0. The number of benzene rings is 2. The number of nitro groups is 1. The zero-order valence-electron chi connectivity index (χ0n) is 21.4. The Morgan fingerprint density at radius 2 is 1.38 bits per heavy atom. The fourth-order valence-electron chi connectivity index (χ4n) is 4.80. The van der Waals surface area contributed by atoms with E-state index in [9.17, 15) is 29.9 Å². The highest BCUT2D eigenvalue weighted by atomic mass is 16.6. The van der Waals surface area contributed by atoms with Gasteiger partial charge in [-0.2, -0.15) is 0 Å². The van der Waals surface area contributed by atoms with Gasteiger partial charge in [0.05, 0.1) is 33.4 Å². The smallest absolute Gasteiger partial charge is 0.356 e. The number of para-hydroxylation sites is 2. The Hall–Kier alpha value is -5.40. The molecule has 0 radical (unpaired) electrons. The topological polar surface area (TPSA) is 198 Å². The van der Waals surface area contributed by atoms with E-state index in [1.165, 1.54) is 12.1 Å². The third-order valence-electron chi connectivity index (χ3n) is 6.51.